The van der Waals surface area contributed by atoms with Crippen molar-refractivity contribution in [3.63, 3.8) is 0 Å². The van der Waals surface area contributed by atoms with Crippen LogP contribution in [0.15, 0.2) is 18.3 Å². The summed E-state index contributed by atoms with van der Waals surface area (Å²) in [6.45, 7) is 1.69. The number of hydrogen-bond acceptors (Lipinski definition) is 3. The molecule has 0 unspecified atom stereocenters. The zero-order chi connectivity index (χ0) is 13.0. The Morgan fingerprint density at radius 3 is 2.65 bits per heavy atom. The van der Waals surface area contributed by atoms with E-state index in [0.29, 0.717) is 16.7 Å². The fourth-order valence-electron chi connectivity index (χ4n) is 1.51. The van der Waals surface area contributed by atoms with Crippen molar-refractivity contribution in [2.75, 3.05) is 7.05 Å². The van der Waals surface area contributed by atoms with Crippen molar-refractivity contribution in [3.05, 3.63) is 40.8 Å². The number of carbonyl (C=O) groups is 1. The Hall–Kier alpha value is -2.17. The number of halogens is 1. The molecule has 0 saturated carbocycles. The molecule has 1 amide bonds. The first-order valence-corrected chi connectivity index (χ1v) is 5.00. The van der Waals surface area contributed by atoms with Crippen molar-refractivity contribution < 1.29 is 12.0 Å². The molecule has 0 aromatic heterocycles. The Kier molecular flexibility index (Phi) is 3.98. The van der Waals surface area contributed by atoms with Crippen LogP contribution in [0.3, 0.4) is 0 Å². The van der Waals surface area contributed by atoms with Gasteiger partial charge in [0.25, 0.3) is 5.91 Å². The first-order chi connectivity index (χ1) is 8.04. The number of nitrogens with one attached hydrogen (secondary N) is 2. The summed E-state index contributed by atoms with van der Waals surface area (Å²) in [6.07, 6.45) is 2.31. The van der Waals surface area contributed by atoms with Crippen molar-refractivity contribution in [1.29, 1.82) is 5.41 Å². The maximum Gasteiger partial charge on any atom is 0.254 e. The van der Waals surface area contributed by atoms with E-state index in [-0.39, 0.29) is 8.42 Å². The third-order valence-electron chi connectivity index (χ3n) is 2.43. The Bertz CT molecular complexity index is 504. The number of allylic oxidation sites excluding steroid dienone is 1. The molecule has 4 nitrogen and oxygen atoms in total. The van der Waals surface area contributed by atoms with E-state index in [2.05, 4.69) is 5.32 Å². The van der Waals surface area contributed by atoms with Crippen LogP contribution in [0.25, 0.3) is 5.57 Å². The third-order valence-corrected chi connectivity index (χ3v) is 2.43. The molecule has 0 atom stereocenters. The van der Waals surface area contributed by atoms with Gasteiger partial charge in [-0.3, -0.25) is 4.79 Å². The Labute approximate surface area is 102 Å². The van der Waals surface area contributed by atoms with Crippen LogP contribution in [0.4, 0.5) is 4.39 Å². The van der Waals surface area contributed by atoms with Crippen LogP contribution in [0.1, 0.15) is 24.3 Å². The van der Waals surface area contributed by atoms with Gasteiger partial charge in [-0.2, -0.15) is 0 Å². The SMILES string of the molecule is CNC(=O)c1cc(/C(C=N)=C/N)c(C)cc1F.[HH].[HH]. The lowest BCUT2D eigenvalue weighted by Gasteiger charge is -2.09. The fraction of sp³-hybridized carbons (Fsp3) is 0.167. The number of rotatable bonds is 3. The number of benzene rings is 1. The molecule has 0 fully saturated rings. The Balaban J connectivity index is 0. The number of hydrogen-bond donors (Lipinski definition) is 3. The normalized spacial score (nSPS) is 11.1. The van der Waals surface area contributed by atoms with Gasteiger partial charge in [0, 0.05) is 27.9 Å². The molecular formula is C12H18FN3O. The van der Waals surface area contributed by atoms with Gasteiger partial charge in [-0.1, -0.05) is 0 Å². The largest absolute Gasteiger partial charge is 0.404 e. The summed E-state index contributed by atoms with van der Waals surface area (Å²) in [5, 5.41) is 9.56. The van der Waals surface area contributed by atoms with E-state index >= 15 is 0 Å². The van der Waals surface area contributed by atoms with Crippen molar-refractivity contribution in [3.8, 4) is 0 Å². The predicted molar refractivity (Wildman–Crippen MR) is 69.7 cm³/mol. The molecule has 1 rings (SSSR count). The molecule has 0 saturated heterocycles. The summed E-state index contributed by atoms with van der Waals surface area (Å²) < 4.78 is 13.6. The molecule has 1 aromatic rings. The maximum absolute atomic E-state index is 13.6. The first kappa shape index (κ1) is 12.9. The van der Waals surface area contributed by atoms with Crippen molar-refractivity contribution >= 4 is 17.7 Å². The highest BCUT2D eigenvalue weighted by molar-refractivity contribution is 6.09. The average Bonchev–Trinajstić information content (AvgIpc) is 2.32. The van der Waals surface area contributed by atoms with E-state index in [1.807, 2.05) is 0 Å². The lowest BCUT2D eigenvalue weighted by atomic mass is 9.98. The van der Waals surface area contributed by atoms with Gasteiger partial charge in [0.1, 0.15) is 5.82 Å². The van der Waals surface area contributed by atoms with Gasteiger partial charge in [-0.05, 0) is 30.2 Å². The third kappa shape index (κ3) is 2.50. The highest BCUT2D eigenvalue weighted by atomic mass is 19.1. The average molecular weight is 239 g/mol. The second-order valence-electron chi connectivity index (χ2n) is 3.49. The Morgan fingerprint density at radius 2 is 2.18 bits per heavy atom. The second kappa shape index (κ2) is 5.25. The van der Waals surface area contributed by atoms with Crippen LogP contribution < -0.4 is 11.1 Å². The van der Waals surface area contributed by atoms with Gasteiger partial charge in [0.2, 0.25) is 0 Å². The highest BCUT2D eigenvalue weighted by Crippen LogP contribution is 2.21. The van der Waals surface area contributed by atoms with Crippen LogP contribution in [0.5, 0.6) is 0 Å². The van der Waals surface area contributed by atoms with E-state index < -0.39 is 11.7 Å². The smallest absolute Gasteiger partial charge is 0.254 e. The minimum Gasteiger partial charge on any atom is -0.404 e. The molecule has 0 heterocycles. The standard InChI is InChI=1S/C12H14FN3O.2H2/c1-7-3-11(13)10(12(17)16-2)4-9(7)8(5-14)6-15;;/h3-6,14H,15H2,1-2H3,(H,16,17);2*1H/b8-6+,14-5?;;. The molecule has 0 aliphatic carbocycles. The second-order valence-corrected chi connectivity index (χ2v) is 3.49. The molecule has 0 radical (unpaired) electrons. The zero-order valence-electron chi connectivity index (χ0n) is 9.67. The summed E-state index contributed by atoms with van der Waals surface area (Å²) in [7, 11) is 1.43. The van der Waals surface area contributed by atoms with Crippen LogP contribution >= 0.6 is 0 Å². The lowest BCUT2D eigenvalue weighted by molar-refractivity contribution is 0.0959. The Morgan fingerprint density at radius 1 is 1.53 bits per heavy atom. The first-order valence-electron chi connectivity index (χ1n) is 5.00. The highest BCUT2D eigenvalue weighted by Gasteiger charge is 2.14. The quantitative estimate of drug-likeness (QED) is 0.705. The van der Waals surface area contributed by atoms with Gasteiger partial charge in [0.05, 0.1) is 5.56 Å². The van der Waals surface area contributed by atoms with Crippen molar-refractivity contribution in [2.24, 2.45) is 5.73 Å². The van der Waals surface area contributed by atoms with E-state index in [9.17, 15) is 9.18 Å². The monoisotopic (exact) mass is 239 g/mol. The molecule has 94 valence electrons. The zero-order valence-corrected chi connectivity index (χ0v) is 9.67. The van der Waals surface area contributed by atoms with Crippen molar-refractivity contribution in [1.82, 2.24) is 5.32 Å². The van der Waals surface area contributed by atoms with E-state index in [1.54, 1.807) is 6.92 Å². The minimum atomic E-state index is -0.591. The molecule has 0 spiro atoms. The molecule has 1 aromatic carbocycles. The van der Waals surface area contributed by atoms with E-state index in [0.717, 1.165) is 6.21 Å². The summed E-state index contributed by atoms with van der Waals surface area (Å²) in [4.78, 5) is 11.4. The van der Waals surface area contributed by atoms with Crippen LogP contribution in [-0.2, 0) is 0 Å². The lowest BCUT2D eigenvalue weighted by Crippen LogP contribution is -2.19. The molecule has 0 aliphatic heterocycles. The molecular weight excluding hydrogens is 221 g/mol. The van der Waals surface area contributed by atoms with Gasteiger partial charge in [-0.25, -0.2) is 4.39 Å². The van der Waals surface area contributed by atoms with Gasteiger partial charge < -0.3 is 16.5 Å². The summed E-state index contributed by atoms with van der Waals surface area (Å²) >= 11 is 0. The fourth-order valence-corrected chi connectivity index (χ4v) is 1.51. The van der Waals surface area contributed by atoms with Crippen LogP contribution in [0.2, 0.25) is 0 Å². The van der Waals surface area contributed by atoms with Crippen molar-refractivity contribution in [2.45, 2.75) is 6.92 Å². The summed E-state index contributed by atoms with van der Waals surface area (Å²) in [6, 6.07) is 2.65. The topological polar surface area (TPSA) is 79.0 Å². The van der Waals surface area contributed by atoms with Crippen LogP contribution in [-0.4, -0.2) is 19.2 Å². The molecule has 0 bridgehead atoms. The molecule has 17 heavy (non-hydrogen) atoms. The van der Waals surface area contributed by atoms with E-state index in [1.165, 1.54) is 25.4 Å². The number of carbonyl (C=O) groups excluding carboxylic acids is 1. The maximum atomic E-state index is 13.6. The summed E-state index contributed by atoms with van der Waals surface area (Å²) in [5.41, 5.74) is 6.94. The summed E-state index contributed by atoms with van der Waals surface area (Å²) in [5.74, 6) is -1.10. The molecule has 5 heteroatoms. The number of nitrogens with two attached hydrogens (primary N) is 1. The number of amides is 1. The molecule has 0 aliphatic rings. The predicted octanol–water partition coefficient (Wildman–Crippen LogP) is 1.93. The van der Waals surface area contributed by atoms with Gasteiger partial charge >= 0.3 is 0 Å². The number of aryl methyl sites for hydroxylation is 1. The van der Waals surface area contributed by atoms with Gasteiger partial charge in [0.15, 0.2) is 0 Å². The van der Waals surface area contributed by atoms with Crippen LogP contribution in [0, 0.1) is 18.2 Å². The van der Waals surface area contributed by atoms with E-state index in [4.69, 9.17) is 11.1 Å². The minimum absolute atomic E-state index is 0. The van der Waals surface area contributed by atoms with Gasteiger partial charge in [-0.15, -0.1) is 0 Å². The molecule has 4 N–H and O–H groups in total.